The molecule has 0 unspecified atom stereocenters. The van der Waals surface area contributed by atoms with Gasteiger partial charge < -0.3 is 10.1 Å². The van der Waals surface area contributed by atoms with Crippen LogP contribution in [-0.4, -0.2) is 47.2 Å². The van der Waals surface area contributed by atoms with Gasteiger partial charge in [-0.2, -0.15) is 23.1 Å². The quantitative estimate of drug-likeness (QED) is 0.316. The van der Waals surface area contributed by atoms with E-state index >= 15 is 0 Å². The zero-order chi connectivity index (χ0) is 27.8. The first-order chi connectivity index (χ1) is 17.7. The summed E-state index contributed by atoms with van der Waals surface area (Å²) in [6.45, 7) is 0.931. The third-order valence-corrected chi connectivity index (χ3v) is 5.18. The van der Waals surface area contributed by atoms with Gasteiger partial charge in [0, 0.05) is 17.3 Å². The number of halogens is 8. The van der Waals surface area contributed by atoms with Gasteiger partial charge in [-0.1, -0.05) is 23.2 Å². The molecule has 0 spiro atoms. The van der Waals surface area contributed by atoms with Crippen LogP contribution in [-0.2, 0) is 12.7 Å². The topological polar surface area (TPSA) is 113 Å². The number of benzene rings is 1. The molecular weight excluding hydrogens is 569 g/mol. The van der Waals surface area contributed by atoms with Crippen molar-refractivity contribution >= 4 is 34.8 Å². The Bertz CT molecular complexity index is 1500. The van der Waals surface area contributed by atoms with Gasteiger partial charge in [0.25, 0.3) is 11.7 Å². The number of carbonyl (C=O) groups excluding carboxylic acids is 1. The van der Waals surface area contributed by atoms with E-state index in [4.69, 9.17) is 23.2 Å². The Morgan fingerprint density at radius 2 is 1.84 bits per heavy atom. The molecule has 0 aliphatic rings. The van der Waals surface area contributed by atoms with Crippen molar-refractivity contribution in [1.29, 1.82) is 0 Å². The summed E-state index contributed by atoms with van der Waals surface area (Å²) in [6, 6.07) is 6.23. The smallest absolute Gasteiger partial charge is 0.403 e. The number of aromatic nitrogens is 7. The molecule has 10 nitrogen and oxygen atoms in total. The molecule has 4 aromatic rings. The van der Waals surface area contributed by atoms with E-state index in [1.807, 2.05) is 0 Å². The molecule has 0 aliphatic heterocycles. The number of pyridine rings is 1. The molecule has 3 heterocycles. The molecule has 0 aliphatic carbocycles. The van der Waals surface area contributed by atoms with Gasteiger partial charge >= 0.3 is 12.5 Å². The molecule has 0 saturated heterocycles. The van der Waals surface area contributed by atoms with Crippen molar-refractivity contribution in [2.75, 3.05) is 5.32 Å². The molecular formula is C20H12Cl2F6N8O2. The van der Waals surface area contributed by atoms with Crippen LogP contribution in [0.25, 0.3) is 5.82 Å². The lowest BCUT2D eigenvalue weighted by Gasteiger charge is -2.17. The maximum absolute atomic E-state index is 13.3. The van der Waals surface area contributed by atoms with Gasteiger partial charge in [-0.3, -0.25) is 4.79 Å². The fourth-order valence-corrected chi connectivity index (χ4v) is 3.65. The largest absolute Gasteiger partial charge is 0.573 e. The number of carbonyl (C=O) groups is 1. The molecule has 3 aromatic heterocycles. The highest BCUT2D eigenvalue weighted by Gasteiger charge is 2.37. The van der Waals surface area contributed by atoms with Crippen molar-refractivity contribution in [3.8, 4) is 11.6 Å². The van der Waals surface area contributed by atoms with Crippen LogP contribution in [0.5, 0.6) is 5.75 Å². The monoisotopic (exact) mass is 580 g/mol. The minimum Gasteiger partial charge on any atom is -0.403 e. The third-order valence-electron chi connectivity index (χ3n) is 4.67. The van der Waals surface area contributed by atoms with Gasteiger partial charge in [0.1, 0.15) is 12.2 Å². The number of hydrogen-bond acceptors (Lipinski definition) is 7. The Balaban J connectivity index is 1.74. The molecule has 0 fully saturated rings. The van der Waals surface area contributed by atoms with Crippen LogP contribution in [0.2, 0.25) is 10.0 Å². The van der Waals surface area contributed by atoms with Gasteiger partial charge in [0.15, 0.2) is 11.6 Å². The molecule has 0 radical (unpaired) electrons. The molecule has 4 rings (SSSR count). The highest BCUT2D eigenvalue weighted by molar-refractivity contribution is 6.32. The number of nitrogens with zero attached hydrogens (tertiary/aromatic N) is 7. The number of rotatable bonds is 6. The van der Waals surface area contributed by atoms with E-state index in [0.29, 0.717) is 4.80 Å². The predicted octanol–water partition coefficient (Wildman–Crippen LogP) is 5.09. The second kappa shape index (κ2) is 10.1. The second-order valence-corrected chi connectivity index (χ2v) is 8.32. The lowest BCUT2D eigenvalue weighted by molar-refractivity contribution is -0.274. The summed E-state index contributed by atoms with van der Waals surface area (Å²) in [5, 5.41) is 15.9. The number of anilines is 1. The fourth-order valence-electron chi connectivity index (χ4n) is 3.19. The highest BCUT2D eigenvalue weighted by atomic mass is 35.5. The van der Waals surface area contributed by atoms with Crippen LogP contribution in [0.4, 0.5) is 32.0 Å². The SMILES string of the molecule is Cc1cc(Cl)cc(OC(F)(F)F)c1NC(=O)c1cc(Cn2nnc(C(F)(F)F)n2)nn1-c1ncccc1Cl. The standard InChI is InChI=1S/C20H12Cl2F6N8O2/c1-9-5-10(21)6-14(38-20(26,27)28)15(9)30-17(37)13-7-11(8-35-33-18(31-34-35)19(23,24)25)32-36(13)16-12(22)3-2-4-29-16/h2-7H,8H2,1H3,(H,30,37). The first-order valence-corrected chi connectivity index (χ1v) is 10.9. The fraction of sp³-hybridized carbons (Fsp3) is 0.200. The summed E-state index contributed by atoms with van der Waals surface area (Å²) in [5.74, 6) is -3.29. The van der Waals surface area contributed by atoms with Gasteiger partial charge in [0.05, 0.1) is 16.4 Å². The zero-order valence-corrected chi connectivity index (χ0v) is 20.2. The van der Waals surface area contributed by atoms with Crippen molar-refractivity contribution < 1.29 is 35.9 Å². The average Bonchev–Trinajstić information content (AvgIpc) is 3.43. The molecule has 1 amide bonds. The van der Waals surface area contributed by atoms with Gasteiger partial charge in [-0.15, -0.1) is 23.4 Å². The summed E-state index contributed by atoms with van der Waals surface area (Å²) in [5.41, 5.74) is -0.517. The summed E-state index contributed by atoms with van der Waals surface area (Å²) < 4.78 is 82.3. The number of ether oxygens (including phenoxy) is 1. The molecule has 0 atom stereocenters. The van der Waals surface area contributed by atoms with E-state index in [-0.39, 0.29) is 38.5 Å². The Kier molecular flexibility index (Phi) is 7.20. The Morgan fingerprint density at radius 3 is 2.47 bits per heavy atom. The summed E-state index contributed by atoms with van der Waals surface area (Å²) in [4.78, 5) is 17.9. The second-order valence-electron chi connectivity index (χ2n) is 7.48. The Morgan fingerprint density at radius 1 is 1.11 bits per heavy atom. The minimum absolute atomic E-state index is 0.0254. The van der Waals surface area contributed by atoms with Crippen LogP contribution in [0.15, 0.2) is 36.5 Å². The first kappa shape index (κ1) is 27.1. The number of aryl methyl sites for hydroxylation is 1. The number of hydrogen-bond donors (Lipinski definition) is 1. The van der Waals surface area contributed by atoms with Crippen molar-refractivity contribution in [2.45, 2.75) is 26.0 Å². The molecule has 0 saturated carbocycles. The number of tetrazole rings is 1. The third kappa shape index (κ3) is 6.13. The minimum atomic E-state index is -5.09. The lowest BCUT2D eigenvalue weighted by Crippen LogP contribution is -2.21. The van der Waals surface area contributed by atoms with E-state index in [9.17, 15) is 31.1 Å². The average molecular weight is 581 g/mol. The number of nitrogens with one attached hydrogen (secondary N) is 1. The molecule has 1 N–H and O–H groups in total. The van der Waals surface area contributed by atoms with Gasteiger partial charge in [-0.25, -0.2) is 9.67 Å². The van der Waals surface area contributed by atoms with Crippen LogP contribution in [0, 0.1) is 6.92 Å². The highest BCUT2D eigenvalue weighted by Crippen LogP contribution is 2.36. The van der Waals surface area contributed by atoms with Crippen molar-refractivity contribution in [3.63, 3.8) is 0 Å². The maximum atomic E-state index is 13.3. The van der Waals surface area contributed by atoms with Crippen LogP contribution in [0.3, 0.4) is 0 Å². The van der Waals surface area contributed by atoms with Crippen LogP contribution < -0.4 is 10.1 Å². The molecule has 0 bridgehead atoms. The van der Waals surface area contributed by atoms with Crippen molar-refractivity contribution in [2.24, 2.45) is 0 Å². The maximum Gasteiger partial charge on any atom is 0.573 e. The summed E-state index contributed by atoms with van der Waals surface area (Å²) >= 11 is 12.0. The number of alkyl halides is 6. The predicted molar refractivity (Wildman–Crippen MR) is 119 cm³/mol. The van der Waals surface area contributed by atoms with E-state index in [1.54, 1.807) is 0 Å². The summed E-state index contributed by atoms with van der Waals surface area (Å²) in [6.07, 6.45) is -8.60. The van der Waals surface area contributed by atoms with E-state index < -0.39 is 36.6 Å². The normalized spacial score (nSPS) is 12.0. The molecule has 38 heavy (non-hydrogen) atoms. The van der Waals surface area contributed by atoms with E-state index in [0.717, 1.165) is 16.8 Å². The van der Waals surface area contributed by atoms with Crippen LogP contribution in [0.1, 0.15) is 27.6 Å². The molecule has 1 aromatic carbocycles. The lowest BCUT2D eigenvalue weighted by atomic mass is 10.1. The zero-order valence-electron chi connectivity index (χ0n) is 18.6. The first-order valence-electron chi connectivity index (χ1n) is 10.1. The van der Waals surface area contributed by atoms with E-state index in [2.05, 4.69) is 35.5 Å². The van der Waals surface area contributed by atoms with Gasteiger partial charge in [-0.05, 0) is 42.0 Å². The Labute approximate surface area is 218 Å². The Hall–Kier alpha value is -3.92. The molecule has 200 valence electrons. The number of amides is 1. The van der Waals surface area contributed by atoms with Gasteiger partial charge in [0.2, 0.25) is 0 Å². The van der Waals surface area contributed by atoms with Crippen molar-refractivity contribution in [3.05, 3.63) is 69.3 Å². The molecule has 18 heteroatoms. The van der Waals surface area contributed by atoms with E-state index in [1.165, 1.54) is 31.3 Å². The summed E-state index contributed by atoms with van der Waals surface area (Å²) in [7, 11) is 0. The van der Waals surface area contributed by atoms with Crippen LogP contribution >= 0.6 is 23.2 Å². The van der Waals surface area contributed by atoms with Crippen molar-refractivity contribution in [1.82, 2.24) is 35.0 Å².